The Labute approximate surface area is 186 Å². The minimum Gasteiger partial charge on any atom is -0.492 e. The second-order valence-corrected chi connectivity index (χ2v) is 8.75. The molecule has 30 heavy (non-hydrogen) atoms. The van der Waals surface area contributed by atoms with E-state index in [1.807, 2.05) is 61.9 Å². The lowest BCUT2D eigenvalue weighted by Crippen LogP contribution is -2.36. The molecule has 1 unspecified atom stereocenters. The molecule has 1 atom stereocenters. The van der Waals surface area contributed by atoms with Crippen molar-refractivity contribution in [2.24, 2.45) is 7.05 Å². The van der Waals surface area contributed by atoms with Crippen molar-refractivity contribution in [3.63, 3.8) is 0 Å². The maximum Gasteiger partial charge on any atom is 0.235 e. The summed E-state index contributed by atoms with van der Waals surface area (Å²) in [5.74, 6) is 1.53. The molecule has 0 aliphatic heterocycles. The number of hydrogen-bond acceptors (Lipinski definition) is 5. The SMILES string of the molecule is Cc1ccccc1-c1nnc(SC(C)C(=O)N(C)CCOc2ccc(Cl)cc2)n1C. The van der Waals surface area contributed by atoms with Crippen molar-refractivity contribution < 1.29 is 9.53 Å². The number of halogens is 1. The number of aryl methyl sites for hydroxylation is 1. The third-order valence-electron chi connectivity index (χ3n) is 4.74. The largest absolute Gasteiger partial charge is 0.492 e. The fourth-order valence-electron chi connectivity index (χ4n) is 2.94. The summed E-state index contributed by atoms with van der Waals surface area (Å²) in [7, 11) is 3.70. The molecule has 0 N–H and O–H groups in total. The molecular formula is C22H25ClN4O2S. The van der Waals surface area contributed by atoms with E-state index in [0.29, 0.717) is 23.3 Å². The minimum absolute atomic E-state index is 0.0140. The number of carbonyl (C=O) groups is 1. The lowest BCUT2D eigenvalue weighted by molar-refractivity contribution is -0.129. The predicted octanol–water partition coefficient (Wildman–Crippen LogP) is 4.46. The van der Waals surface area contributed by atoms with Gasteiger partial charge in [0.05, 0.1) is 11.8 Å². The molecule has 6 nitrogen and oxygen atoms in total. The number of likely N-dealkylation sites (N-methyl/N-ethyl adjacent to an activating group) is 1. The molecule has 0 saturated heterocycles. The van der Waals surface area contributed by atoms with Gasteiger partial charge in [0.25, 0.3) is 0 Å². The number of carbonyl (C=O) groups excluding carboxylic acids is 1. The van der Waals surface area contributed by atoms with Gasteiger partial charge in [0.15, 0.2) is 11.0 Å². The lowest BCUT2D eigenvalue weighted by atomic mass is 10.1. The molecule has 0 radical (unpaired) electrons. The van der Waals surface area contributed by atoms with E-state index in [9.17, 15) is 4.79 Å². The third-order valence-corrected chi connectivity index (χ3v) is 6.11. The van der Waals surface area contributed by atoms with Crippen LogP contribution in [-0.4, -0.2) is 51.0 Å². The van der Waals surface area contributed by atoms with Crippen molar-refractivity contribution in [3.05, 3.63) is 59.1 Å². The Balaban J connectivity index is 1.56. The summed E-state index contributed by atoms with van der Waals surface area (Å²) in [6.45, 7) is 4.82. The van der Waals surface area contributed by atoms with Gasteiger partial charge in [-0.15, -0.1) is 10.2 Å². The highest BCUT2D eigenvalue weighted by molar-refractivity contribution is 8.00. The van der Waals surface area contributed by atoms with E-state index in [0.717, 1.165) is 22.7 Å². The molecule has 0 saturated carbocycles. The Morgan fingerprint density at radius 3 is 2.60 bits per heavy atom. The Morgan fingerprint density at radius 1 is 1.20 bits per heavy atom. The first-order valence-corrected chi connectivity index (χ1v) is 10.9. The van der Waals surface area contributed by atoms with Gasteiger partial charge in [-0.2, -0.15) is 0 Å². The second kappa shape index (κ2) is 10.00. The van der Waals surface area contributed by atoms with E-state index in [4.69, 9.17) is 16.3 Å². The topological polar surface area (TPSA) is 60.3 Å². The lowest BCUT2D eigenvalue weighted by Gasteiger charge is -2.21. The number of benzene rings is 2. The smallest absolute Gasteiger partial charge is 0.235 e. The average molecular weight is 445 g/mol. The Kier molecular flexibility index (Phi) is 7.39. The van der Waals surface area contributed by atoms with Gasteiger partial charge >= 0.3 is 0 Å². The van der Waals surface area contributed by atoms with Gasteiger partial charge in [0.1, 0.15) is 12.4 Å². The van der Waals surface area contributed by atoms with Crippen molar-refractivity contribution in [3.8, 4) is 17.1 Å². The van der Waals surface area contributed by atoms with Gasteiger partial charge in [0, 0.05) is 24.7 Å². The Bertz CT molecular complexity index is 1010. The van der Waals surface area contributed by atoms with Crippen molar-refractivity contribution in [1.29, 1.82) is 0 Å². The number of aromatic nitrogens is 3. The van der Waals surface area contributed by atoms with Crippen LogP contribution in [0.3, 0.4) is 0 Å². The molecule has 3 aromatic rings. The zero-order valence-corrected chi connectivity index (χ0v) is 19.1. The van der Waals surface area contributed by atoms with E-state index in [2.05, 4.69) is 10.2 Å². The summed E-state index contributed by atoms with van der Waals surface area (Å²) in [5, 5.41) is 9.70. The normalized spacial score (nSPS) is 11.9. The van der Waals surface area contributed by atoms with Crippen molar-refractivity contribution >= 4 is 29.3 Å². The number of amides is 1. The van der Waals surface area contributed by atoms with Crippen LogP contribution < -0.4 is 4.74 Å². The number of nitrogens with zero attached hydrogens (tertiary/aromatic N) is 4. The Morgan fingerprint density at radius 2 is 1.90 bits per heavy atom. The first-order chi connectivity index (χ1) is 14.4. The van der Waals surface area contributed by atoms with Crippen LogP contribution in [0, 0.1) is 6.92 Å². The summed E-state index contributed by atoms with van der Waals surface area (Å²) in [6.07, 6.45) is 0. The van der Waals surface area contributed by atoms with E-state index in [-0.39, 0.29) is 11.2 Å². The summed E-state index contributed by atoms with van der Waals surface area (Å²) < 4.78 is 7.61. The number of ether oxygens (including phenoxy) is 1. The molecule has 1 aromatic heterocycles. The molecule has 8 heteroatoms. The van der Waals surface area contributed by atoms with E-state index < -0.39 is 0 Å². The van der Waals surface area contributed by atoms with Gasteiger partial charge in [-0.25, -0.2) is 0 Å². The summed E-state index contributed by atoms with van der Waals surface area (Å²) in [6, 6.07) is 15.2. The number of rotatable bonds is 8. The average Bonchev–Trinajstić information content (AvgIpc) is 3.09. The fourth-order valence-corrected chi connectivity index (χ4v) is 3.99. The first kappa shape index (κ1) is 22.2. The highest BCUT2D eigenvalue weighted by Crippen LogP contribution is 2.27. The van der Waals surface area contributed by atoms with E-state index in [1.54, 1.807) is 24.1 Å². The molecule has 2 aromatic carbocycles. The van der Waals surface area contributed by atoms with Crippen LogP contribution in [0.15, 0.2) is 53.7 Å². The molecule has 0 fully saturated rings. The molecule has 0 aliphatic carbocycles. The molecule has 0 spiro atoms. The minimum atomic E-state index is -0.293. The van der Waals surface area contributed by atoms with E-state index >= 15 is 0 Å². The van der Waals surface area contributed by atoms with Gasteiger partial charge in [-0.05, 0) is 43.7 Å². The number of hydrogen-bond donors (Lipinski definition) is 0. The van der Waals surface area contributed by atoms with Crippen LogP contribution in [0.25, 0.3) is 11.4 Å². The maximum atomic E-state index is 12.8. The van der Waals surface area contributed by atoms with Crippen LogP contribution in [-0.2, 0) is 11.8 Å². The predicted molar refractivity (Wildman–Crippen MR) is 121 cm³/mol. The van der Waals surface area contributed by atoms with Crippen molar-refractivity contribution in [1.82, 2.24) is 19.7 Å². The molecule has 0 aliphatic rings. The second-order valence-electron chi connectivity index (χ2n) is 7.00. The number of thioether (sulfide) groups is 1. The molecule has 3 rings (SSSR count). The van der Waals surface area contributed by atoms with Crippen LogP contribution in [0.4, 0.5) is 0 Å². The summed E-state index contributed by atoms with van der Waals surface area (Å²) >= 11 is 7.27. The fraction of sp³-hybridized carbons (Fsp3) is 0.318. The van der Waals surface area contributed by atoms with Gasteiger partial charge in [0.2, 0.25) is 5.91 Å². The first-order valence-electron chi connectivity index (χ1n) is 9.62. The van der Waals surface area contributed by atoms with Gasteiger partial charge in [-0.3, -0.25) is 4.79 Å². The summed E-state index contributed by atoms with van der Waals surface area (Å²) in [5.41, 5.74) is 2.17. The monoisotopic (exact) mass is 444 g/mol. The van der Waals surface area contributed by atoms with Crippen molar-refractivity contribution in [2.75, 3.05) is 20.2 Å². The molecule has 0 bridgehead atoms. The zero-order valence-electron chi connectivity index (χ0n) is 17.5. The van der Waals surface area contributed by atoms with Gasteiger partial charge in [-0.1, -0.05) is 47.6 Å². The van der Waals surface area contributed by atoms with Crippen LogP contribution in [0.5, 0.6) is 5.75 Å². The quantitative estimate of drug-likeness (QED) is 0.480. The van der Waals surface area contributed by atoms with Gasteiger partial charge < -0.3 is 14.2 Å². The maximum absolute atomic E-state index is 12.8. The molecule has 1 amide bonds. The third kappa shape index (κ3) is 5.34. The summed E-state index contributed by atoms with van der Waals surface area (Å²) in [4.78, 5) is 14.4. The van der Waals surface area contributed by atoms with E-state index in [1.165, 1.54) is 11.8 Å². The van der Waals surface area contributed by atoms with Crippen LogP contribution >= 0.6 is 23.4 Å². The molecule has 158 valence electrons. The highest BCUT2D eigenvalue weighted by Gasteiger charge is 2.22. The Hall–Kier alpha value is -2.51. The molecular weight excluding hydrogens is 420 g/mol. The van der Waals surface area contributed by atoms with Crippen molar-refractivity contribution in [2.45, 2.75) is 24.3 Å². The standard InChI is InChI=1S/C22H25ClN4O2S/c1-15-7-5-6-8-19(15)20-24-25-22(27(20)4)30-16(2)21(28)26(3)13-14-29-18-11-9-17(23)10-12-18/h5-12,16H,13-14H2,1-4H3. The highest BCUT2D eigenvalue weighted by atomic mass is 35.5. The van der Waals surface area contributed by atoms with Crippen LogP contribution in [0.2, 0.25) is 5.02 Å². The zero-order chi connectivity index (χ0) is 21.7. The molecule has 1 heterocycles. The van der Waals surface area contributed by atoms with Crippen LogP contribution in [0.1, 0.15) is 12.5 Å².